The normalized spacial score (nSPS) is 11.1. The van der Waals surface area contributed by atoms with E-state index in [2.05, 4.69) is 18.2 Å². The van der Waals surface area contributed by atoms with Crippen molar-refractivity contribution in [1.29, 1.82) is 0 Å². The van der Waals surface area contributed by atoms with Gasteiger partial charge in [0.25, 0.3) is 0 Å². The third-order valence-electron chi connectivity index (χ3n) is 2.44. The Balaban J connectivity index is 2.65. The molecule has 1 nitrogen and oxygen atoms in total. The predicted octanol–water partition coefficient (Wildman–Crippen LogP) is 3.76. The van der Waals surface area contributed by atoms with Crippen LogP contribution in [0.2, 0.25) is 0 Å². The summed E-state index contributed by atoms with van der Waals surface area (Å²) in [6.07, 6.45) is 0. The van der Waals surface area contributed by atoms with Crippen molar-refractivity contribution in [2.24, 2.45) is 0 Å². The monoisotopic (exact) mass is 200 g/mol. The van der Waals surface area contributed by atoms with E-state index < -0.39 is 0 Å². The highest BCUT2D eigenvalue weighted by molar-refractivity contribution is 7.17. The molecule has 14 heavy (non-hydrogen) atoms. The van der Waals surface area contributed by atoms with Crippen LogP contribution in [0.4, 0.5) is 0 Å². The Labute approximate surface area is 85.2 Å². The van der Waals surface area contributed by atoms with Gasteiger partial charge in [-0.15, -0.1) is 11.3 Å². The third-order valence-corrected chi connectivity index (χ3v) is 3.38. The average Bonchev–Trinajstić information content (AvgIpc) is 2.61. The molecule has 2 heteroatoms. The zero-order valence-corrected chi connectivity index (χ0v) is 8.21. The molecule has 0 saturated carbocycles. The molecule has 1 N–H and O–H groups in total. The summed E-state index contributed by atoms with van der Waals surface area (Å²) in [5.41, 5.74) is 0. The first-order valence-corrected chi connectivity index (χ1v) is 5.32. The van der Waals surface area contributed by atoms with Crippen molar-refractivity contribution in [3.05, 3.63) is 41.8 Å². The third kappa shape index (κ3) is 0.946. The molecule has 1 aromatic heterocycles. The van der Waals surface area contributed by atoms with Gasteiger partial charge in [0.05, 0.1) is 0 Å². The van der Waals surface area contributed by atoms with Gasteiger partial charge < -0.3 is 5.11 Å². The number of thiophene rings is 1. The first-order chi connectivity index (χ1) is 6.86. The first-order valence-electron chi connectivity index (χ1n) is 4.44. The molecule has 2 aromatic carbocycles. The highest BCUT2D eigenvalue weighted by Gasteiger charge is 2.05. The van der Waals surface area contributed by atoms with Gasteiger partial charge >= 0.3 is 0 Å². The summed E-state index contributed by atoms with van der Waals surface area (Å²) >= 11 is 1.58. The maximum absolute atomic E-state index is 9.72. The molecule has 3 rings (SSSR count). The molecule has 0 aliphatic heterocycles. The fourth-order valence-electron chi connectivity index (χ4n) is 1.79. The SMILES string of the molecule is Oc1csc2ccc3ccccc3c12. The maximum atomic E-state index is 9.72. The summed E-state index contributed by atoms with van der Waals surface area (Å²) in [5.74, 6) is 0.391. The van der Waals surface area contributed by atoms with Crippen LogP contribution in [-0.4, -0.2) is 5.11 Å². The molecule has 0 aliphatic carbocycles. The van der Waals surface area contributed by atoms with E-state index in [0.717, 1.165) is 15.5 Å². The van der Waals surface area contributed by atoms with Crippen molar-refractivity contribution in [2.75, 3.05) is 0 Å². The topological polar surface area (TPSA) is 20.2 Å². The molecule has 0 bridgehead atoms. The Morgan fingerprint density at radius 3 is 2.79 bits per heavy atom. The number of hydrogen-bond donors (Lipinski definition) is 1. The Kier molecular flexibility index (Phi) is 1.52. The lowest BCUT2D eigenvalue weighted by Gasteiger charge is -1.99. The lowest BCUT2D eigenvalue weighted by atomic mass is 10.1. The zero-order chi connectivity index (χ0) is 9.54. The van der Waals surface area contributed by atoms with Gasteiger partial charge in [-0.25, -0.2) is 0 Å². The molecule has 1 heterocycles. The second-order valence-corrected chi connectivity index (χ2v) is 4.19. The van der Waals surface area contributed by atoms with Gasteiger partial charge in [0.2, 0.25) is 0 Å². The number of benzene rings is 2. The average molecular weight is 200 g/mol. The van der Waals surface area contributed by atoms with Crippen LogP contribution in [0.1, 0.15) is 0 Å². The van der Waals surface area contributed by atoms with E-state index in [1.54, 1.807) is 16.7 Å². The number of hydrogen-bond acceptors (Lipinski definition) is 2. The quantitative estimate of drug-likeness (QED) is 0.585. The van der Waals surface area contributed by atoms with Crippen molar-refractivity contribution in [2.45, 2.75) is 0 Å². The van der Waals surface area contributed by atoms with Crippen molar-refractivity contribution < 1.29 is 5.11 Å². The molecule has 0 unspecified atom stereocenters. The summed E-state index contributed by atoms with van der Waals surface area (Å²) in [7, 11) is 0. The van der Waals surface area contributed by atoms with Crippen molar-refractivity contribution in [3.63, 3.8) is 0 Å². The first kappa shape index (κ1) is 7.83. The van der Waals surface area contributed by atoms with Crippen LogP contribution < -0.4 is 0 Å². The molecule has 0 fully saturated rings. The van der Waals surface area contributed by atoms with E-state index in [0.29, 0.717) is 5.75 Å². The van der Waals surface area contributed by atoms with Crippen molar-refractivity contribution >= 4 is 32.2 Å². The Morgan fingerprint density at radius 1 is 1.00 bits per heavy atom. The van der Waals surface area contributed by atoms with Gasteiger partial charge in [0, 0.05) is 15.5 Å². The number of rotatable bonds is 0. The molecule has 0 saturated heterocycles. The lowest BCUT2D eigenvalue weighted by molar-refractivity contribution is 0.484. The van der Waals surface area contributed by atoms with Gasteiger partial charge in [0.1, 0.15) is 5.75 Å². The standard InChI is InChI=1S/C12H8OS/c13-10-7-14-11-6-5-8-3-1-2-4-9(8)12(10)11/h1-7,13H. The van der Waals surface area contributed by atoms with E-state index in [1.165, 1.54) is 5.39 Å². The summed E-state index contributed by atoms with van der Waals surface area (Å²) in [6.45, 7) is 0. The molecule has 0 aliphatic rings. The van der Waals surface area contributed by atoms with Crippen LogP contribution >= 0.6 is 11.3 Å². The molecule has 0 spiro atoms. The molecular formula is C12H8OS. The minimum atomic E-state index is 0.391. The van der Waals surface area contributed by atoms with Crippen LogP contribution in [0.15, 0.2) is 41.8 Å². The van der Waals surface area contributed by atoms with Gasteiger partial charge in [-0.1, -0.05) is 30.3 Å². The van der Waals surface area contributed by atoms with Crippen molar-refractivity contribution in [1.82, 2.24) is 0 Å². The fraction of sp³-hybridized carbons (Fsp3) is 0. The minimum absolute atomic E-state index is 0.391. The van der Waals surface area contributed by atoms with Gasteiger partial charge in [-0.3, -0.25) is 0 Å². The maximum Gasteiger partial charge on any atom is 0.134 e. The molecular weight excluding hydrogens is 192 g/mol. The minimum Gasteiger partial charge on any atom is -0.506 e. The van der Waals surface area contributed by atoms with Gasteiger partial charge in [-0.05, 0) is 16.8 Å². The molecule has 0 amide bonds. The predicted molar refractivity (Wildman–Crippen MR) is 61.0 cm³/mol. The summed E-state index contributed by atoms with van der Waals surface area (Å²) in [4.78, 5) is 0. The van der Waals surface area contributed by atoms with E-state index in [9.17, 15) is 5.11 Å². The summed E-state index contributed by atoms with van der Waals surface area (Å²) < 4.78 is 1.14. The highest BCUT2D eigenvalue weighted by Crippen LogP contribution is 2.36. The van der Waals surface area contributed by atoms with Crippen LogP contribution in [0, 0.1) is 0 Å². The highest BCUT2D eigenvalue weighted by atomic mass is 32.1. The van der Waals surface area contributed by atoms with Crippen LogP contribution in [-0.2, 0) is 0 Å². The number of fused-ring (bicyclic) bond motifs is 3. The van der Waals surface area contributed by atoms with E-state index >= 15 is 0 Å². The smallest absolute Gasteiger partial charge is 0.134 e. The van der Waals surface area contributed by atoms with E-state index in [-0.39, 0.29) is 0 Å². The molecule has 68 valence electrons. The zero-order valence-electron chi connectivity index (χ0n) is 7.40. The van der Waals surface area contributed by atoms with E-state index in [1.807, 2.05) is 18.2 Å². The second kappa shape index (κ2) is 2.72. The van der Waals surface area contributed by atoms with Crippen molar-refractivity contribution in [3.8, 4) is 5.75 Å². The van der Waals surface area contributed by atoms with Crippen LogP contribution in [0.25, 0.3) is 20.9 Å². The second-order valence-electron chi connectivity index (χ2n) is 3.28. The Morgan fingerprint density at radius 2 is 1.86 bits per heavy atom. The molecule has 0 radical (unpaired) electrons. The van der Waals surface area contributed by atoms with Crippen LogP contribution in [0.3, 0.4) is 0 Å². The molecule has 3 aromatic rings. The van der Waals surface area contributed by atoms with Gasteiger partial charge in [0.15, 0.2) is 0 Å². The largest absolute Gasteiger partial charge is 0.506 e. The summed E-state index contributed by atoms with van der Waals surface area (Å²) in [5, 5.41) is 14.8. The molecule has 0 atom stereocenters. The van der Waals surface area contributed by atoms with E-state index in [4.69, 9.17) is 0 Å². The number of aromatic hydroxyl groups is 1. The van der Waals surface area contributed by atoms with Gasteiger partial charge in [-0.2, -0.15) is 0 Å². The Bertz CT molecular complexity index is 610. The Hall–Kier alpha value is -1.54. The summed E-state index contributed by atoms with van der Waals surface area (Å²) in [6, 6.07) is 12.3. The lowest BCUT2D eigenvalue weighted by Crippen LogP contribution is -1.72. The fourth-order valence-corrected chi connectivity index (χ4v) is 2.63. The van der Waals surface area contributed by atoms with Crippen LogP contribution in [0.5, 0.6) is 5.75 Å².